The number of nitrogens with zero attached hydrogens (tertiary/aromatic N) is 1. The largest absolute Gasteiger partial charge is 0.381 e. The van der Waals surface area contributed by atoms with E-state index in [1.807, 2.05) is 0 Å². The molecule has 0 atom stereocenters. The third-order valence-electron chi connectivity index (χ3n) is 2.62. The lowest BCUT2D eigenvalue weighted by Gasteiger charge is -2.32. The monoisotopic (exact) mass is 219 g/mol. The molecule has 0 aromatic heterocycles. The highest BCUT2D eigenvalue weighted by atomic mass is 16.5. The van der Waals surface area contributed by atoms with Crippen LogP contribution in [-0.4, -0.2) is 36.6 Å². The number of ether oxygens (including phenoxy) is 1. The third-order valence-corrected chi connectivity index (χ3v) is 2.62. The van der Waals surface area contributed by atoms with E-state index in [1.165, 1.54) is 0 Å². The van der Waals surface area contributed by atoms with Gasteiger partial charge in [0.25, 0.3) is 5.91 Å². The van der Waals surface area contributed by atoms with Crippen LogP contribution in [-0.2, 0) is 9.53 Å². The molecule has 0 aromatic carbocycles. The third kappa shape index (κ3) is 3.61. The Morgan fingerprint density at radius 3 is 2.75 bits per heavy atom. The second-order valence-electron chi connectivity index (χ2n) is 3.67. The van der Waals surface area contributed by atoms with Crippen molar-refractivity contribution in [2.24, 2.45) is 0 Å². The van der Waals surface area contributed by atoms with Gasteiger partial charge in [0.2, 0.25) is 0 Å². The molecule has 1 rings (SSSR count). The Labute approximate surface area is 97.1 Å². The summed E-state index contributed by atoms with van der Waals surface area (Å²) in [6.45, 7) is 3.68. The van der Waals surface area contributed by atoms with Crippen LogP contribution in [0.2, 0.25) is 0 Å². The van der Waals surface area contributed by atoms with E-state index < -0.39 is 0 Å². The van der Waals surface area contributed by atoms with Crippen molar-refractivity contribution in [3.63, 3.8) is 0 Å². The fourth-order valence-corrected chi connectivity index (χ4v) is 1.81. The van der Waals surface area contributed by atoms with E-state index in [2.05, 4.69) is 17.8 Å². The van der Waals surface area contributed by atoms with Gasteiger partial charge in [-0.25, -0.2) is 0 Å². The highest BCUT2D eigenvalue weighted by Crippen LogP contribution is 2.14. The summed E-state index contributed by atoms with van der Waals surface area (Å²) in [5.41, 5.74) is 0. The highest BCUT2D eigenvalue weighted by molar-refractivity contribution is 5.93. The molecule has 0 N–H and O–H groups in total. The zero-order chi connectivity index (χ0) is 11.8. The molecule has 0 saturated carbocycles. The molecule has 1 saturated heterocycles. The lowest BCUT2D eigenvalue weighted by Crippen LogP contribution is -2.43. The van der Waals surface area contributed by atoms with Gasteiger partial charge < -0.3 is 9.64 Å². The van der Waals surface area contributed by atoms with Gasteiger partial charge in [0.05, 0.1) is 0 Å². The summed E-state index contributed by atoms with van der Waals surface area (Å²) in [7, 11) is 0. The molecule has 0 unspecified atom stereocenters. The lowest BCUT2D eigenvalue weighted by atomic mass is 10.1. The van der Waals surface area contributed by atoms with Crippen molar-refractivity contribution in [1.29, 1.82) is 0 Å². The van der Waals surface area contributed by atoms with Gasteiger partial charge in [0.15, 0.2) is 0 Å². The van der Waals surface area contributed by atoms with Crippen molar-refractivity contribution >= 4 is 5.91 Å². The summed E-state index contributed by atoms with van der Waals surface area (Å²) in [6.07, 6.45) is 7.56. The van der Waals surface area contributed by atoms with Crippen LogP contribution in [0.25, 0.3) is 0 Å². The molecule has 0 aliphatic carbocycles. The second-order valence-corrected chi connectivity index (χ2v) is 3.67. The smallest absolute Gasteiger partial charge is 0.298 e. The maximum Gasteiger partial charge on any atom is 0.298 e. The standard InChI is InChI=1S/C13H17NO2/c1-3-5-9-14(13(15)6-4-2)12-7-10-16-11-8-12/h1,12H,5,7-11H2,2H3. The Kier molecular flexibility index (Phi) is 5.46. The molecule has 1 aliphatic rings. The molecule has 86 valence electrons. The van der Waals surface area contributed by atoms with Gasteiger partial charge in [-0.15, -0.1) is 12.3 Å². The fourth-order valence-electron chi connectivity index (χ4n) is 1.81. The number of hydrogen-bond acceptors (Lipinski definition) is 2. The number of hydrogen-bond donors (Lipinski definition) is 0. The van der Waals surface area contributed by atoms with Crippen LogP contribution in [0, 0.1) is 24.2 Å². The van der Waals surface area contributed by atoms with E-state index in [9.17, 15) is 4.79 Å². The van der Waals surface area contributed by atoms with E-state index in [4.69, 9.17) is 11.2 Å². The molecule has 1 heterocycles. The molecule has 0 radical (unpaired) electrons. The molecule has 0 bridgehead atoms. The SMILES string of the molecule is C#CCCN(C(=O)C#CC)C1CCOCC1. The average molecular weight is 219 g/mol. The first kappa shape index (κ1) is 12.6. The van der Waals surface area contributed by atoms with Crippen LogP contribution in [0.1, 0.15) is 26.2 Å². The first-order valence-electron chi connectivity index (χ1n) is 5.54. The van der Waals surface area contributed by atoms with Crippen LogP contribution in [0.5, 0.6) is 0 Å². The van der Waals surface area contributed by atoms with Gasteiger partial charge >= 0.3 is 0 Å². The first-order chi connectivity index (χ1) is 7.79. The summed E-state index contributed by atoms with van der Waals surface area (Å²) < 4.78 is 5.28. The summed E-state index contributed by atoms with van der Waals surface area (Å²) in [5.74, 6) is 7.66. The van der Waals surface area contributed by atoms with E-state index in [1.54, 1.807) is 11.8 Å². The van der Waals surface area contributed by atoms with E-state index in [-0.39, 0.29) is 11.9 Å². The van der Waals surface area contributed by atoms with Crippen molar-refractivity contribution in [2.45, 2.75) is 32.2 Å². The van der Waals surface area contributed by atoms with Gasteiger partial charge in [-0.3, -0.25) is 4.79 Å². The predicted octanol–water partition coefficient (Wildman–Crippen LogP) is 1.04. The summed E-state index contributed by atoms with van der Waals surface area (Å²) in [5, 5.41) is 0. The molecule has 1 aliphatic heterocycles. The number of carbonyl (C=O) groups excluding carboxylic acids is 1. The van der Waals surface area contributed by atoms with Gasteiger partial charge in [0, 0.05) is 32.2 Å². The average Bonchev–Trinajstić information content (AvgIpc) is 2.31. The van der Waals surface area contributed by atoms with E-state index >= 15 is 0 Å². The molecule has 0 spiro atoms. The van der Waals surface area contributed by atoms with E-state index in [0.29, 0.717) is 26.2 Å². The topological polar surface area (TPSA) is 29.5 Å². The van der Waals surface area contributed by atoms with Crippen molar-refractivity contribution in [2.75, 3.05) is 19.8 Å². The zero-order valence-corrected chi connectivity index (χ0v) is 9.66. The Bertz CT molecular complexity index is 326. The minimum absolute atomic E-state index is 0.121. The Hall–Kier alpha value is -1.45. The number of amides is 1. The van der Waals surface area contributed by atoms with Crippen LogP contribution < -0.4 is 0 Å². The van der Waals surface area contributed by atoms with E-state index in [0.717, 1.165) is 12.8 Å². The van der Waals surface area contributed by atoms with Crippen molar-refractivity contribution < 1.29 is 9.53 Å². The van der Waals surface area contributed by atoms with Crippen molar-refractivity contribution in [3.05, 3.63) is 0 Å². The molecule has 3 heteroatoms. The Balaban J connectivity index is 2.64. The molecule has 16 heavy (non-hydrogen) atoms. The maximum absolute atomic E-state index is 11.8. The predicted molar refractivity (Wildman–Crippen MR) is 62.5 cm³/mol. The minimum Gasteiger partial charge on any atom is -0.381 e. The number of rotatable bonds is 3. The quantitative estimate of drug-likeness (QED) is 0.664. The van der Waals surface area contributed by atoms with Gasteiger partial charge in [-0.2, -0.15) is 0 Å². The second kappa shape index (κ2) is 6.93. The zero-order valence-electron chi connectivity index (χ0n) is 9.66. The van der Waals surface area contributed by atoms with Crippen molar-refractivity contribution in [1.82, 2.24) is 4.90 Å². The van der Waals surface area contributed by atoms with Crippen LogP contribution >= 0.6 is 0 Å². The summed E-state index contributed by atoms with van der Waals surface area (Å²) >= 11 is 0. The molecule has 3 nitrogen and oxygen atoms in total. The normalized spacial score (nSPS) is 15.8. The maximum atomic E-state index is 11.8. The van der Waals surface area contributed by atoms with Crippen LogP contribution in [0.15, 0.2) is 0 Å². The van der Waals surface area contributed by atoms with Gasteiger partial charge in [-0.1, -0.05) is 5.92 Å². The summed E-state index contributed by atoms with van der Waals surface area (Å²) in [4.78, 5) is 13.6. The lowest BCUT2D eigenvalue weighted by molar-refractivity contribution is -0.129. The van der Waals surface area contributed by atoms with Crippen molar-refractivity contribution in [3.8, 4) is 24.2 Å². The number of carbonyl (C=O) groups is 1. The molecule has 0 aromatic rings. The van der Waals surface area contributed by atoms with Gasteiger partial charge in [-0.05, 0) is 25.7 Å². The summed E-state index contributed by atoms with van der Waals surface area (Å²) in [6, 6.07) is 0.232. The Morgan fingerprint density at radius 1 is 1.50 bits per heavy atom. The van der Waals surface area contributed by atoms with Gasteiger partial charge in [0.1, 0.15) is 0 Å². The minimum atomic E-state index is -0.121. The molecular formula is C13H17NO2. The molecule has 1 amide bonds. The number of terminal acetylenes is 1. The van der Waals surface area contributed by atoms with Crippen LogP contribution in [0.3, 0.4) is 0 Å². The Morgan fingerprint density at radius 2 is 2.19 bits per heavy atom. The van der Waals surface area contributed by atoms with Crippen LogP contribution in [0.4, 0.5) is 0 Å². The molecular weight excluding hydrogens is 202 g/mol. The molecule has 1 fully saturated rings. The highest BCUT2D eigenvalue weighted by Gasteiger charge is 2.24. The fraction of sp³-hybridized carbons (Fsp3) is 0.615. The first-order valence-corrected chi connectivity index (χ1v) is 5.54.